The summed E-state index contributed by atoms with van der Waals surface area (Å²) < 4.78 is 27.6. The first-order chi connectivity index (χ1) is 16.3. The number of benzene rings is 3. The molecule has 1 amide bonds. The van der Waals surface area contributed by atoms with E-state index in [0.717, 1.165) is 5.56 Å². The number of thioether (sulfide) groups is 1. The summed E-state index contributed by atoms with van der Waals surface area (Å²) >= 11 is 7.30. The van der Waals surface area contributed by atoms with Crippen LogP contribution in [0, 0.1) is 6.92 Å². The van der Waals surface area contributed by atoms with E-state index in [1.165, 1.54) is 11.8 Å². The summed E-state index contributed by atoms with van der Waals surface area (Å²) in [5.41, 5.74) is 2.12. The number of amides is 1. The van der Waals surface area contributed by atoms with Crippen LogP contribution in [0.3, 0.4) is 0 Å². The molecule has 4 rings (SSSR count). The highest BCUT2D eigenvalue weighted by molar-refractivity contribution is 7.99. The highest BCUT2D eigenvalue weighted by atomic mass is 35.5. The van der Waals surface area contributed by atoms with Crippen LogP contribution in [0.1, 0.15) is 11.4 Å². The Morgan fingerprint density at radius 1 is 0.971 bits per heavy atom. The van der Waals surface area contributed by atoms with Crippen LogP contribution in [0.2, 0.25) is 5.02 Å². The van der Waals surface area contributed by atoms with E-state index in [4.69, 9.17) is 11.6 Å². The zero-order chi connectivity index (χ0) is 24.1. The number of rotatable bonds is 8. The van der Waals surface area contributed by atoms with Crippen LogP contribution in [0.15, 0.2) is 88.9 Å². The third kappa shape index (κ3) is 5.49. The molecule has 1 aromatic heterocycles. The Balaban J connectivity index is 1.58. The van der Waals surface area contributed by atoms with Crippen molar-refractivity contribution in [2.75, 3.05) is 11.1 Å². The van der Waals surface area contributed by atoms with Crippen molar-refractivity contribution >= 4 is 44.8 Å². The van der Waals surface area contributed by atoms with E-state index < -0.39 is 9.84 Å². The van der Waals surface area contributed by atoms with E-state index in [1.54, 1.807) is 53.1 Å². The van der Waals surface area contributed by atoms with E-state index in [1.807, 2.05) is 37.3 Å². The first-order valence-electron chi connectivity index (χ1n) is 10.3. The number of para-hydroxylation sites is 1. The third-order valence-electron chi connectivity index (χ3n) is 5.01. The van der Waals surface area contributed by atoms with Crippen molar-refractivity contribution in [2.24, 2.45) is 0 Å². The number of hydrogen-bond acceptors (Lipinski definition) is 6. The average molecular weight is 513 g/mol. The third-order valence-corrected chi connectivity index (χ3v) is 7.98. The van der Waals surface area contributed by atoms with E-state index in [2.05, 4.69) is 15.5 Å². The van der Waals surface area contributed by atoms with Gasteiger partial charge in [-0.3, -0.25) is 9.36 Å². The molecule has 0 aliphatic rings. The molecule has 34 heavy (non-hydrogen) atoms. The van der Waals surface area contributed by atoms with Gasteiger partial charge in [-0.05, 0) is 48.9 Å². The summed E-state index contributed by atoms with van der Waals surface area (Å²) in [5.74, 6) is -0.240. The summed E-state index contributed by atoms with van der Waals surface area (Å²) in [7, 11) is -3.64. The van der Waals surface area contributed by atoms with Crippen molar-refractivity contribution in [3.05, 3.63) is 95.3 Å². The molecule has 0 bridgehead atoms. The van der Waals surface area contributed by atoms with Crippen LogP contribution in [-0.4, -0.2) is 34.8 Å². The standard InChI is InChI=1S/C24H21ClN4O3S2/c1-17-20(25)13-8-14-21(17)26-23(30)15-33-24-28-27-22(29(24)18-9-4-2-5-10-18)16-34(31,32)19-11-6-3-7-12-19/h2-14H,15-16H2,1H3,(H,26,30). The quantitative estimate of drug-likeness (QED) is 0.336. The number of carbonyl (C=O) groups is 1. The molecular weight excluding hydrogens is 492 g/mol. The van der Waals surface area contributed by atoms with Crippen molar-refractivity contribution in [1.29, 1.82) is 0 Å². The van der Waals surface area contributed by atoms with Crippen molar-refractivity contribution in [1.82, 2.24) is 14.8 Å². The van der Waals surface area contributed by atoms with Gasteiger partial charge in [-0.1, -0.05) is 65.8 Å². The number of anilines is 1. The lowest BCUT2D eigenvalue weighted by Crippen LogP contribution is -2.15. The summed E-state index contributed by atoms with van der Waals surface area (Å²) in [5, 5.41) is 12.2. The lowest BCUT2D eigenvalue weighted by atomic mass is 10.2. The van der Waals surface area contributed by atoms with Crippen LogP contribution in [0.4, 0.5) is 5.69 Å². The molecular formula is C24H21ClN4O3S2. The van der Waals surface area contributed by atoms with Crippen molar-refractivity contribution in [2.45, 2.75) is 22.7 Å². The first kappa shape index (κ1) is 24.0. The maximum absolute atomic E-state index is 13.0. The average Bonchev–Trinajstić information content (AvgIpc) is 3.23. The molecule has 0 radical (unpaired) electrons. The Bertz CT molecular complexity index is 1410. The van der Waals surface area contributed by atoms with Crippen LogP contribution in [-0.2, 0) is 20.4 Å². The second kappa shape index (κ2) is 10.4. The van der Waals surface area contributed by atoms with Gasteiger partial charge < -0.3 is 5.32 Å². The Morgan fingerprint density at radius 3 is 2.35 bits per heavy atom. The summed E-state index contributed by atoms with van der Waals surface area (Å²) in [6, 6.07) is 22.7. The number of nitrogens with one attached hydrogen (secondary N) is 1. The monoisotopic (exact) mass is 512 g/mol. The molecule has 10 heteroatoms. The molecule has 3 aromatic carbocycles. The Kier molecular flexibility index (Phi) is 7.35. The lowest BCUT2D eigenvalue weighted by molar-refractivity contribution is -0.113. The fraction of sp³-hybridized carbons (Fsp3) is 0.125. The topological polar surface area (TPSA) is 94.0 Å². The number of aromatic nitrogens is 3. The molecule has 0 saturated heterocycles. The predicted octanol–water partition coefficient (Wildman–Crippen LogP) is 4.93. The summed E-state index contributed by atoms with van der Waals surface area (Å²) in [4.78, 5) is 12.8. The first-order valence-corrected chi connectivity index (χ1v) is 13.3. The molecule has 0 atom stereocenters. The van der Waals surface area contributed by atoms with Crippen molar-refractivity contribution in [3.8, 4) is 5.69 Å². The number of nitrogens with zero attached hydrogens (tertiary/aromatic N) is 3. The molecule has 4 aromatic rings. The molecule has 7 nitrogen and oxygen atoms in total. The second-order valence-corrected chi connectivity index (χ2v) is 10.7. The van der Waals surface area contributed by atoms with Crippen molar-refractivity contribution < 1.29 is 13.2 Å². The van der Waals surface area contributed by atoms with Crippen LogP contribution in [0.25, 0.3) is 5.69 Å². The van der Waals surface area contributed by atoms with Crippen LogP contribution >= 0.6 is 23.4 Å². The minimum absolute atomic E-state index is 0.0579. The Hall–Kier alpha value is -3.14. The largest absolute Gasteiger partial charge is 0.325 e. The van der Waals surface area contributed by atoms with Crippen molar-refractivity contribution in [3.63, 3.8) is 0 Å². The molecule has 0 spiro atoms. The number of halogens is 1. The number of hydrogen-bond donors (Lipinski definition) is 1. The van der Waals surface area contributed by atoms with E-state index in [-0.39, 0.29) is 28.1 Å². The van der Waals surface area contributed by atoms with Gasteiger partial charge in [0.15, 0.2) is 20.8 Å². The minimum Gasteiger partial charge on any atom is -0.325 e. The molecule has 0 aliphatic carbocycles. The normalized spacial score (nSPS) is 11.4. The smallest absolute Gasteiger partial charge is 0.234 e. The highest BCUT2D eigenvalue weighted by Crippen LogP contribution is 2.26. The van der Waals surface area contributed by atoms with E-state index in [9.17, 15) is 13.2 Å². The predicted molar refractivity (Wildman–Crippen MR) is 134 cm³/mol. The molecule has 0 saturated carbocycles. The maximum atomic E-state index is 13.0. The molecule has 174 valence electrons. The fourth-order valence-electron chi connectivity index (χ4n) is 3.26. The van der Waals surface area contributed by atoms with Gasteiger partial charge in [0.1, 0.15) is 5.75 Å². The lowest BCUT2D eigenvalue weighted by Gasteiger charge is -2.11. The molecule has 0 aliphatic heterocycles. The zero-order valence-corrected chi connectivity index (χ0v) is 20.6. The Morgan fingerprint density at radius 2 is 1.65 bits per heavy atom. The molecule has 0 fully saturated rings. The number of sulfone groups is 1. The fourth-order valence-corrected chi connectivity index (χ4v) is 5.47. The maximum Gasteiger partial charge on any atom is 0.234 e. The van der Waals surface area contributed by atoms with Crippen LogP contribution in [0.5, 0.6) is 0 Å². The van der Waals surface area contributed by atoms with Crippen LogP contribution < -0.4 is 5.32 Å². The highest BCUT2D eigenvalue weighted by Gasteiger charge is 2.23. The number of carbonyl (C=O) groups excluding carboxylic acids is 1. The van der Waals surface area contributed by atoms with Gasteiger partial charge >= 0.3 is 0 Å². The van der Waals surface area contributed by atoms with Gasteiger partial charge in [-0.2, -0.15) is 0 Å². The van der Waals surface area contributed by atoms with Gasteiger partial charge in [0, 0.05) is 16.4 Å². The van der Waals surface area contributed by atoms with Gasteiger partial charge in [0.2, 0.25) is 5.91 Å². The molecule has 1 heterocycles. The summed E-state index contributed by atoms with van der Waals surface area (Å²) in [6.45, 7) is 1.83. The van der Waals surface area contributed by atoms with Gasteiger partial charge in [0.05, 0.1) is 10.6 Å². The molecule has 1 N–H and O–H groups in total. The minimum atomic E-state index is -3.64. The summed E-state index contributed by atoms with van der Waals surface area (Å²) in [6.07, 6.45) is 0. The van der Waals surface area contributed by atoms with Gasteiger partial charge in [-0.15, -0.1) is 10.2 Å². The van der Waals surface area contributed by atoms with E-state index in [0.29, 0.717) is 21.6 Å². The zero-order valence-electron chi connectivity index (χ0n) is 18.2. The van der Waals surface area contributed by atoms with Gasteiger partial charge in [-0.25, -0.2) is 8.42 Å². The second-order valence-electron chi connectivity index (χ2n) is 7.39. The van der Waals surface area contributed by atoms with Gasteiger partial charge in [0.25, 0.3) is 0 Å². The SMILES string of the molecule is Cc1c(Cl)cccc1NC(=O)CSc1nnc(CS(=O)(=O)c2ccccc2)n1-c1ccccc1. The molecule has 0 unspecified atom stereocenters. The van der Waals surface area contributed by atoms with E-state index >= 15 is 0 Å². The Labute approximate surface area is 207 Å².